The first-order chi connectivity index (χ1) is 12.7. The minimum atomic E-state index is -0.553. The molecule has 3 amide bonds. The van der Waals surface area contributed by atoms with Crippen LogP contribution in [0, 0.1) is 0 Å². The lowest BCUT2D eigenvalue weighted by atomic mass is 9.92. The first kappa shape index (κ1) is 17.5. The highest BCUT2D eigenvalue weighted by atomic mass is 16.6. The number of imide groups is 1. The van der Waals surface area contributed by atoms with Gasteiger partial charge in [-0.15, -0.1) is 0 Å². The van der Waals surface area contributed by atoms with Crippen molar-refractivity contribution in [2.45, 2.75) is 58.2 Å². The molecule has 0 bridgehead atoms. The van der Waals surface area contributed by atoms with Crippen LogP contribution in [0.15, 0.2) is 16.7 Å². The third kappa shape index (κ3) is 3.27. The molecule has 0 radical (unpaired) electrons. The summed E-state index contributed by atoms with van der Waals surface area (Å²) < 4.78 is 10.9. The number of rotatable bonds is 1. The highest BCUT2D eigenvalue weighted by molar-refractivity contribution is 6.02. The number of hydrogen-bond donors (Lipinski definition) is 1. The van der Waals surface area contributed by atoms with Crippen LogP contribution in [0.5, 0.6) is 0 Å². The minimum absolute atomic E-state index is 0.266. The van der Waals surface area contributed by atoms with Crippen molar-refractivity contribution < 1.29 is 23.6 Å². The van der Waals surface area contributed by atoms with Gasteiger partial charge in [-0.25, -0.2) is 4.79 Å². The molecule has 1 atom stereocenters. The summed E-state index contributed by atoms with van der Waals surface area (Å²) in [5, 5.41) is 7.18. The van der Waals surface area contributed by atoms with Gasteiger partial charge in [-0.05, 0) is 50.5 Å². The van der Waals surface area contributed by atoms with Gasteiger partial charge in [0.25, 0.3) is 0 Å². The monoisotopic (exact) mass is 371 g/mol. The summed E-state index contributed by atoms with van der Waals surface area (Å²) >= 11 is 0. The number of nitrogens with zero attached hydrogens (tertiary/aromatic N) is 2. The second-order valence-corrected chi connectivity index (χ2v) is 8.02. The molecule has 4 rings (SSSR count). The molecule has 1 aromatic carbocycles. The molecular weight excluding hydrogens is 350 g/mol. The predicted molar refractivity (Wildman–Crippen MR) is 94.6 cm³/mol. The fourth-order valence-electron chi connectivity index (χ4n) is 3.51. The van der Waals surface area contributed by atoms with E-state index in [-0.39, 0.29) is 24.3 Å². The van der Waals surface area contributed by atoms with Crippen LogP contribution in [0.4, 0.5) is 4.79 Å². The largest absolute Gasteiger partial charge is 0.444 e. The Bertz CT molecular complexity index is 956. The lowest BCUT2D eigenvalue weighted by Gasteiger charge is -2.24. The Kier molecular flexibility index (Phi) is 3.94. The van der Waals surface area contributed by atoms with Gasteiger partial charge in [0, 0.05) is 24.9 Å². The molecule has 1 fully saturated rings. The molecule has 2 aliphatic heterocycles. The molecule has 1 saturated heterocycles. The van der Waals surface area contributed by atoms with Crippen molar-refractivity contribution in [2.75, 3.05) is 0 Å². The van der Waals surface area contributed by atoms with Gasteiger partial charge >= 0.3 is 6.09 Å². The van der Waals surface area contributed by atoms with Crippen LogP contribution >= 0.6 is 0 Å². The van der Waals surface area contributed by atoms with Gasteiger partial charge in [0.1, 0.15) is 11.3 Å². The van der Waals surface area contributed by atoms with Crippen molar-refractivity contribution in [3.63, 3.8) is 0 Å². The number of carbonyl (C=O) groups excluding carboxylic acids is 3. The van der Waals surface area contributed by atoms with Gasteiger partial charge in [-0.1, -0.05) is 5.16 Å². The zero-order chi connectivity index (χ0) is 19.3. The van der Waals surface area contributed by atoms with Crippen molar-refractivity contribution in [1.29, 1.82) is 0 Å². The summed E-state index contributed by atoms with van der Waals surface area (Å²) in [6.07, 6.45) is 0.328. The molecule has 0 saturated carbocycles. The lowest BCUT2D eigenvalue weighted by Crippen LogP contribution is -2.39. The van der Waals surface area contributed by atoms with E-state index in [1.807, 2.05) is 32.9 Å². The van der Waals surface area contributed by atoms with E-state index in [1.54, 1.807) is 4.90 Å². The molecule has 142 valence electrons. The van der Waals surface area contributed by atoms with Gasteiger partial charge in [0.05, 0.1) is 5.92 Å². The maximum atomic E-state index is 12.3. The van der Waals surface area contributed by atoms with Gasteiger partial charge in [-0.2, -0.15) is 0 Å². The lowest BCUT2D eigenvalue weighted by molar-refractivity contribution is -0.134. The Morgan fingerprint density at radius 1 is 1.26 bits per heavy atom. The van der Waals surface area contributed by atoms with Gasteiger partial charge < -0.3 is 9.26 Å². The molecular formula is C19H21N3O5. The van der Waals surface area contributed by atoms with E-state index in [4.69, 9.17) is 9.26 Å². The number of fused-ring (bicyclic) bond motifs is 2. The number of nitrogens with one attached hydrogen (secondary N) is 1. The van der Waals surface area contributed by atoms with Crippen molar-refractivity contribution >= 4 is 28.9 Å². The smallest absolute Gasteiger partial charge is 0.410 e. The Morgan fingerprint density at radius 2 is 1.96 bits per heavy atom. The number of aromatic nitrogens is 1. The van der Waals surface area contributed by atoms with Crippen LogP contribution in [0.3, 0.4) is 0 Å². The normalized spacial score (nSPS) is 20.0. The van der Waals surface area contributed by atoms with E-state index in [9.17, 15) is 14.4 Å². The molecule has 1 aromatic heterocycles. The van der Waals surface area contributed by atoms with E-state index in [0.717, 1.165) is 16.5 Å². The number of hydrogen-bond acceptors (Lipinski definition) is 6. The fourth-order valence-corrected chi connectivity index (χ4v) is 3.51. The molecule has 0 aliphatic carbocycles. The first-order valence-electron chi connectivity index (χ1n) is 8.94. The standard InChI is InChI=1S/C19H21N3O5/c1-19(2,3)26-18(25)22-8-10-6-13-14(7-11(10)9-22)27-21-16(13)12-4-5-15(23)20-17(12)24/h6-7,12H,4-5,8-9H2,1-3H3,(H,20,23,24). The number of piperidine rings is 1. The Labute approximate surface area is 155 Å². The summed E-state index contributed by atoms with van der Waals surface area (Å²) in [6, 6.07) is 3.78. The number of ether oxygens (including phenoxy) is 1. The van der Waals surface area contributed by atoms with E-state index in [0.29, 0.717) is 30.8 Å². The number of amides is 3. The first-order valence-corrected chi connectivity index (χ1v) is 8.94. The van der Waals surface area contributed by atoms with Gasteiger partial charge in [-0.3, -0.25) is 19.8 Å². The third-order valence-corrected chi connectivity index (χ3v) is 4.76. The zero-order valence-electron chi connectivity index (χ0n) is 15.5. The molecule has 2 aliphatic rings. The quantitative estimate of drug-likeness (QED) is 0.773. The summed E-state index contributed by atoms with van der Waals surface area (Å²) in [7, 11) is 0. The van der Waals surface area contributed by atoms with Crippen LogP contribution in [-0.2, 0) is 27.4 Å². The van der Waals surface area contributed by atoms with E-state index >= 15 is 0 Å². The average molecular weight is 371 g/mol. The molecule has 8 heteroatoms. The van der Waals surface area contributed by atoms with E-state index < -0.39 is 11.5 Å². The molecule has 3 heterocycles. The van der Waals surface area contributed by atoms with Crippen molar-refractivity contribution in [1.82, 2.24) is 15.4 Å². The molecule has 27 heavy (non-hydrogen) atoms. The van der Waals surface area contributed by atoms with Gasteiger partial charge in [0.15, 0.2) is 5.58 Å². The number of benzene rings is 1. The third-order valence-electron chi connectivity index (χ3n) is 4.76. The van der Waals surface area contributed by atoms with E-state index in [2.05, 4.69) is 10.5 Å². The summed E-state index contributed by atoms with van der Waals surface area (Å²) in [5.74, 6) is -1.12. The zero-order valence-corrected chi connectivity index (χ0v) is 15.5. The summed E-state index contributed by atoms with van der Waals surface area (Å²) in [4.78, 5) is 37.5. The van der Waals surface area contributed by atoms with Crippen LogP contribution in [0.2, 0.25) is 0 Å². The molecule has 0 spiro atoms. The molecule has 2 aromatic rings. The van der Waals surface area contributed by atoms with E-state index in [1.165, 1.54) is 0 Å². The van der Waals surface area contributed by atoms with Crippen LogP contribution in [0.1, 0.15) is 56.4 Å². The maximum Gasteiger partial charge on any atom is 0.410 e. The van der Waals surface area contributed by atoms with Crippen molar-refractivity contribution in [2.24, 2.45) is 0 Å². The average Bonchev–Trinajstić information content (AvgIpc) is 3.14. The Balaban J connectivity index is 1.61. The Hall–Kier alpha value is -2.90. The van der Waals surface area contributed by atoms with Gasteiger partial charge in [0.2, 0.25) is 11.8 Å². The minimum Gasteiger partial charge on any atom is -0.444 e. The summed E-state index contributed by atoms with van der Waals surface area (Å²) in [5.41, 5.74) is 2.50. The topological polar surface area (TPSA) is 102 Å². The fraction of sp³-hybridized carbons (Fsp3) is 0.474. The molecule has 1 unspecified atom stereocenters. The highest BCUT2D eigenvalue weighted by Gasteiger charge is 2.33. The predicted octanol–water partition coefficient (Wildman–Crippen LogP) is 2.60. The van der Waals surface area contributed by atoms with Crippen LogP contribution in [-0.4, -0.2) is 33.6 Å². The van der Waals surface area contributed by atoms with Crippen LogP contribution in [0.25, 0.3) is 11.0 Å². The second kappa shape index (κ2) is 6.07. The number of carbonyl (C=O) groups is 3. The Morgan fingerprint density at radius 3 is 2.63 bits per heavy atom. The molecule has 1 N–H and O–H groups in total. The van der Waals surface area contributed by atoms with Crippen LogP contribution < -0.4 is 5.32 Å². The SMILES string of the molecule is CC(C)(C)OC(=O)N1Cc2cc3onc(C4CCC(=O)NC4=O)c3cc2C1. The van der Waals surface area contributed by atoms with Crippen molar-refractivity contribution in [3.8, 4) is 0 Å². The molecule has 8 nitrogen and oxygen atoms in total. The second-order valence-electron chi connectivity index (χ2n) is 8.02. The summed E-state index contributed by atoms with van der Waals surface area (Å²) in [6.45, 7) is 6.37. The maximum absolute atomic E-state index is 12.3. The van der Waals surface area contributed by atoms with Crippen molar-refractivity contribution in [3.05, 3.63) is 29.0 Å². The highest BCUT2D eigenvalue weighted by Crippen LogP contribution is 2.34.